The standard InChI is InChI=1S/C25H27ClN2O4S2/c1-4-6-12-28-24(30)22(34-25(28)33)14-17-10-11-20(21(13-17)31-5-2)32-15-23(29)27-19-9-7-8-18(26)16(19)3/h7-11,13-14H,4-6,12,15H2,1-3H3,(H,27,29)/b22-14-. The summed E-state index contributed by atoms with van der Waals surface area (Å²) in [5.74, 6) is 0.541. The summed E-state index contributed by atoms with van der Waals surface area (Å²) < 4.78 is 12.0. The van der Waals surface area contributed by atoms with Crippen molar-refractivity contribution in [2.75, 3.05) is 25.1 Å². The van der Waals surface area contributed by atoms with E-state index >= 15 is 0 Å². The molecule has 1 heterocycles. The van der Waals surface area contributed by atoms with Gasteiger partial charge >= 0.3 is 0 Å². The van der Waals surface area contributed by atoms with Gasteiger partial charge in [-0.1, -0.05) is 61.1 Å². The van der Waals surface area contributed by atoms with Gasteiger partial charge in [0.15, 0.2) is 18.1 Å². The van der Waals surface area contributed by atoms with E-state index < -0.39 is 0 Å². The zero-order valence-corrected chi connectivity index (χ0v) is 21.7. The topological polar surface area (TPSA) is 67.9 Å². The maximum atomic E-state index is 12.7. The van der Waals surface area contributed by atoms with Crippen molar-refractivity contribution >= 4 is 63.5 Å². The molecule has 34 heavy (non-hydrogen) atoms. The predicted octanol–water partition coefficient (Wildman–Crippen LogP) is 6.07. The number of carbonyl (C=O) groups excluding carboxylic acids is 2. The molecule has 2 aromatic rings. The first-order valence-electron chi connectivity index (χ1n) is 11.0. The number of amides is 2. The van der Waals surface area contributed by atoms with Crippen LogP contribution in [0.2, 0.25) is 5.02 Å². The Morgan fingerprint density at radius 3 is 2.74 bits per heavy atom. The second kappa shape index (κ2) is 12.2. The molecule has 6 nitrogen and oxygen atoms in total. The van der Waals surface area contributed by atoms with Crippen molar-refractivity contribution in [2.24, 2.45) is 0 Å². The van der Waals surface area contributed by atoms with Gasteiger partial charge in [0.2, 0.25) is 0 Å². The number of rotatable bonds is 10. The van der Waals surface area contributed by atoms with Crippen LogP contribution < -0.4 is 14.8 Å². The average molecular weight is 519 g/mol. The summed E-state index contributed by atoms with van der Waals surface area (Å²) in [6.07, 6.45) is 3.70. The Morgan fingerprint density at radius 2 is 2.00 bits per heavy atom. The molecule has 1 aliphatic heterocycles. The smallest absolute Gasteiger partial charge is 0.266 e. The van der Waals surface area contributed by atoms with E-state index in [4.69, 9.17) is 33.3 Å². The third-order valence-corrected chi connectivity index (χ3v) is 6.86. The lowest BCUT2D eigenvalue weighted by molar-refractivity contribution is -0.122. The molecule has 1 saturated heterocycles. The van der Waals surface area contributed by atoms with Gasteiger partial charge < -0.3 is 14.8 Å². The molecular formula is C25H27ClN2O4S2. The van der Waals surface area contributed by atoms with Crippen LogP contribution in [-0.2, 0) is 9.59 Å². The summed E-state index contributed by atoms with van der Waals surface area (Å²) in [7, 11) is 0. The van der Waals surface area contributed by atoms with Crippen molar-refractivity contribution in [3.05, 3.63) is 57.5 Å². The third kappa shape index (κ3) is 6.52. The molecule has 0 atom stereocenters. The molecule has 9 heteroatoms. The van der Waals surface area contributed by atoms with Crippen LogP contribution in [0.1, 0.15) is 37.8 Å². The van der Waals surface area contributed by atoms with E-state index in [1.54, 1.807) is 41.3 Å². The second-order valence-corrected chi connectivity index (χ2v) is 9.66. The minimum absolute atomic E-state index is 0.0743. The van der Waals surface area contributed by atoms with Gasteiger partial charge in [0.1, 0.15) is 4.32 Å². The zero-order valence-electron chi connectivity index (χ0n) is 19.4. The molecule has 180 valence electrons. The maximum Gasteiger partial charge on any atom is 0.266 e. The van der Waals surface area contributed by atoms with Gasteiger partial charge in [-0.3, -0.25) is 14.5 Å². The van der Waals surface area contributed by atoms with Crippen LogP contribution in [0, 0.1) is 6.92 Å². The highest BCUT2D eigenvalue weighted by atomic mass is 35.5. The predicted molar refractivity (Wildman–Crippen MR) is 143 cm³/mol. The number of unbranched alkanes of at least 4 members (excludes halogenated alkanes) is 1. The van der Waals surface area contributed by atoms with E-state index in [-0.39, 0.29) is 18.4 Å². The first-order chi connectivity index (χ1) is 16.3. The van der Waals surface area contributed by atoms with Gasteiger partial charge in [-0.2, -0.15) is 0 Å². The quantitative estimate of drug-likeness (QED) is 0.304. The van der Waals surface area contributed by atoms with Crippen molar-refractivity contribution in [1.82, 2.24) is 4.90 Å². The molecule has 1 fully saturated rings. The van der Waals surface area contributed by atoms with E-state index in [1.165, 1.54) is 11.8 Å². The van der Waals surface area contributed by atoms with Crippen LogP contribution in [0.5, 0.6) is 11.5 Å². The maximum absolute atomic E-state index is 12.7. The summed E-state index contributed by atoms with van der Waals surface area (Å²) in [6.45, 7) is 6.64. The molecule has 2 amide bonds. The van der Waals surface area contributed by atoms with Crippen molar-refractivity contribution in [1.29, 1.82) is 0 Å². The van der Waals surface area contributed by atoms with E-state index in [1.807, 2.05) is 19.9 Å². The normalized spacial score (nSPS) is 14.6. The molecule has 1 aliphatic rings. The Morgan fingerprint density at radius 1 is 1.21 bits per heavy atom. The second-order valence-electron chi connectivity index (χ2n) is 7.58. The van der Waals surface area contributed by atoms with Crippen LogP contribution in [0.4, 0.5) is 5.69 Å². The highest BCUT2D eigenvalue weighted by Crippen LogP contribution is 2.35. The number of thioether (sulfide) groups is 1. The lowest BCUT2D eigenvalue weighted by atomic mass is 10.2. The first-order valence-corrected chi connectivity index (χ1v) is 12.6. The number of nitrogens with zero attached hydrogens (tertiary/aromatic N) is 1. The van der Waals surface area contributed by atoms with E-state index in [0.29, 0.717) is 44.6 Å². The molecule has 0 aliphatic carbocycles. The van der Waals surface area contributed by atoms with Gasteiger partial charge in [-0.15, -0.1) is 0 Å². The Bertz CT molecular complexity index is 1120. The molecule has 3 rings (SSSR count). The number of halogens is 1. The zero-order chi connectivity index (χ0) is 24.7. The summed E-state index contributed by atoms with van der Waals surface area (Å²) >= 11 is 12.8. The summed E-state index contributed by atoms with van der Waals surface area (Å²) in [5.41, 5.74) is 2.21. The number of nitrogens with one attached hydrogen (secondary N) is 1. The molecule has 1 N–H and O–H groups in total. The molecule has 0 radical (unpaired) electrons. The van der Waals surface area contributed by atoms with Crippen LogP contribution >= 0.6 is 35.6 Å². The van der Waals surface area contributed by atoms with E-state index in [0.717, 1.165) is 24.0 Å². The van der Waals surface area contributed by atoms with Gasteiger partial charge in [0, 0.05) is 17.3 Å². The number of thiocarbonyl (C=S) groups is 1. The monoisotopic (exact) mass is 518 g/mol. The highest BCUT2D eigenvalue weighted by molar-refractivity contribution is 8.26. The molecule has 0 saturated carbocycles. The summed E-state index contributed by atoms with van der Waals surface area (Å²) in [5, 5.41) is 3.38. The molecular weight excluding hydrogens is 492 g/mol. The number of benzene rings is 2. The Labute approximate surface area is 214 Å². The van der Waals surface area contributed by atoms with Crippen LogP contribution in [-0.4, -0.2) is 40.8 Å². The van der Waals surface area contributed by atoms with Crippen LogP contribution in [0.3, 0.4) is 0 Å². The number of carbonyl (C=O) groups is 2. The molecule has 2 aromatic carbocycles. The van der Waals surface area contributed by atoms with Crippen molar-refractivity contribution in [3.8, 4) is 11.5 Å². The van der Waals surface area contributed by atoms with Crippen molar-refractivity contribution in [3.63, 3.8) is 0 Å². The number of anilines is 1. The number of hydrogen-bond acceptors (Lipinski definition) is 6. The fourth-order valence-electron chi connectivity index (χ4n) is 3.23. The van der Waals surface area contributed by atoms with Gasteiger partial charge in [0.25, 0.3) is 11.8 Å². The Kier molecular flexibility index (Phi) is 9.38. The third-order valence-electron chi connectivity index (χ3n) is 5.07. The largest absolute Gasteiger partial charge is 0.490 e. The van der Waals surface area contributed by atoms with Crippen molar-refractivity contribution < 1.29 is 19.1 Å². The molecule has 0 unspecified atom stereocenters. The van der Waals surface area contributed by atoms with Gasteiger partial charge in [0.05, 0.1) is 11.5 Å². The minimum Gasteiger partial charge on any atom is -0.490 e. The van der Waals surface area contributed by atoms with E-state index in [2.05, 4.69) is 12.2 Å². The molecule has 0 spiro atoms. The number of hydrogen-bond donors (Lipinski definition) is 1. The SMILES string of the molecule is CCCCN1C(=O)/C(=C/c2ccc(OCC(=O)Nc3cccc(Cl)c3C)c(OCC)c2)SC1=S. The van der Waals surface area contributed by atoms with Gasteiger partial charge in [-0.05, 0) is 61.7 Å². The fraction of sp³-hybridized carbons (Fsp3) is 0.320. The summed E-state index contributed by atoms with van der Waals surface area (Å²) in [4.78, 5) is 27.3. The van der Waals surface area contributed by atoms with Crippen LogP contribution in [0.25, 0.3) is 6.08 Å². The minimum atomic E-state index is -0.312. The fourth-order valence-corrected chi connectivity index (χ4v) is 4.72. The first kappa shape index (κ1) is 26.1. The molecule has 0 bridgehead atoms. The average Bonchev–Trinajstić information content (AvgIpc) is 3.07. The lowest BCUT2D eigenvalue weighted by Crippen LogP contribution is -2.28. The van der Waals surface area contributed by atoms with Crippen molar-refractivity contribution in [2.45, 2.75) is 33.6 Å². The van der Waals surface area contributed by atoms with Gasteiger partial charge in [-0.25, -0.2) is 0 Å². The number of ether oxygens (including phenoxy) is 2. The highest BCUT2D eigenvalue weighted by Gasteiger charge is 2.31. The Balaban J connectivity index is 1.70. The molecule has 0 aromatic heterocycles. The van der Waals surface area contributed by atoms with Crippen LogP contribution in [0.15, 0.2) is 41.3 Å². The Hall–Kier alpha value is -2.55. The van der Waals surface area contributed by atoms with E-state index in [9.17, 15) is 9.59 Å². The summed E-state index contributed by atoms with van der Waals surface area (Å²) in [6, 6.07) is 10.7. The lowest BCUT2D eigenvalue weighted by Gasteiger charge is -2.14.